The molecule has 150 valence electrons. The van der Waals surface area contributed by atoms with Crippen LogP contribution in [0, 0.1) is 0 Å². The van der Waals surface area contributed by atoms with Crippen LogP contribution in [0.2, 0.25) is 0 Å². The second kappa shape index (κ2) is 9.80. The molecule has 0 aliphatic rings. The standard InChI is InChI=1S/C19H19BrN6O3/c1-29-15-11-23-17(26-18(15)21-8-9-27)12-2-4-13(5-3-12)24-19(28)25-14-6-7-16(20)22-10-14/h2-7,10-11,27H,8-9H2,1H3,(H,21,23,26)(H2,24,25,28). The molecule has 29 heavy (non-hydrogen) atoms. The Morgan fingerprint density at radius 3 is 2.45 bits per heavy atom. The van der Waals surface area contributed by atoms with Gasteiger partial charge in [0.1, 0.15) is 4.60 Å². The number of halogens is 1. The van der Waals surface area contributed by atoms with Gasteiger partial charge in [-0.1, -0.05) is 0 Å². The first-order valence-corrected chi connectivity index (χ1v) is 9.44. The highest BCUT2D eigenvalue weighted by atomic mass is 79.9. The molecule has 0 aliphatic carbocycles. The molecule has 0 aliphatic heterocycles. The monoisotopic (exact) mass is 458 g/mol. The summed E-state index contributed by atoms with van der Waals surface area (Å²) in [4.78, 5) is 24.9. The van der Waals surface area contributed by atoms with E-state index in [-0.39, 0.29) is 12.6 Å². The van der Waals surface area contributed by atoms with Gasteiger partial charge in [-0.15, -0.1) is 0 Å². The van der Waals surface area contributed by atoms with E-state index in [1.165, 1.54) is 7.11 Å². The highest BCUT2D eigenvalue weighted by Crippen LogP contribution is 2.25. The number of aliphatic hydroxyl groups excluding tert-OH is 1. The van der Waals surface area contributed by atoms with E-state index in [4.69, 9.17) is 9.84 Å². The van der Waals surface area contributed by atoms with Crippen LogP contribution >= 0.6 is 15.9 Å². The number of carbonyl (C=O) groups is 1. The van der Waals surface area contributed by atoms with Gasteiger partial charge in [-0.2, -0.15) is 0 Å². The fraction of sp³-hybridized carbons (Fsp3) is 0.158. The molecule has 1 aromatic carbocycles. The van der Waals surface area contributed by atoms with Gasteiger partial charge in [-0.05, 0) is 52.3 Å². The van der Waals surface area contributed by atoms with Crippen molar-refractivity contribution in [1.29, 1.82) is 0 Å². The van der Waals surface area contributed by atoms with Gasteiger partial charge >= 0.3 is 6.03 Å². The first-order valence-electron chi connectivity index (χ1n) is 8.65. The topological polar surface area (TPSA) is 121 Å². The molecule has 3 aromatic rings. The number of aliphatic hydroxyl groups is 1. The molecule has 2 aromatic heterocycles. The molecule has 2 amide bonds. The van der Waals surface area contributed by atoms with Crippen molar-refractivity contribution in [1.82, 2.24) is 15.0 Å². The quantitative estimate of drug-likeness (QED) is 0.400. The van der Waals surface area contributed by atoms with Crippen molar-refractivity contribution in [3.8, 4) is 17.1 Å². The molecule has 2 heterocycles. The molecule has 0 saturated carbocycles. The Hall–Kier alpha value is -3.24. The second-order valence-electron chi connectivity index (χ2n) is 5.79. The summed E-state index contributed by atoms with van der Waals surface area (Å²) in [6, 6.07) is 10.2. The van der Waals surface area contributed by atoms with Gasteiger partial charge in [-0.3, -0.25) is 0 Å². The average Bonchev–Trinajstić information content (AvgIpc) is 2.74. The zero-order valence-electron chi connectivity index (χ0n) is 15.5. The maximum Gasteiger partial charge on any atom is 0.323 e. The summed E-state index contributed by atoms with van der Waals surface area (Å²) in [6.45, 7) is 0.319. The van der Waals surface area contributed by atoms with Gasteiger partial charge < -0.3 is 25.8 Å². The van der Waals surface area contributed by atoms with Crippen LogP contribution in [0.3, 0.4) is 0 Å². The summed E-state index contributed by atoms with van der Waals surface area (Å²) in [5, 5.41) is 17.4. The predicted molar refractivity (Wildman–Crippen MR) is 114 cm³/mol. The molecule has 4 N–H and O–H groups in total. The Morgan fingerprint density at radius 2 is 1.79 bits per heavy atom. The summed E-state index contributed by atoms with van der Waals surface area (Å²) in [5.74, 6) is 1.47. The summed E-state index contributed by atoms with van der Waals surface area (Å²) < 4.78 is 5.91. The fourth-order valence-corrected chi connectivity index (χ4v) is 2.64. The second-order valence-corrected chi connectivity index (χ2v) is 6.60. The molecule has 0 unspecified atom stereocenters. The van der Waals surface area contributed by atoms with E-state index in [1.54, 1.807) is 48.8 Å². The molecule has 10 heteroatoms. The molecule has 3 rings (SSSR count). The smallest absolute Gasteiger partial charge is 0.323 e. The van der Waals surface area contributed by atoms with Gasteiger partial charge in [0, 0.05) is 17.8 Å². The first-order chi connectivity index (χ1) is 14.1. The normalized spacial score (nSPS) is 10.3. The maximum atomic E-state index is 12.1. The first kappa shape index (κ1) is 20.5. The lowest BCUT2D eigenvalue weighted by Gasteiger charge is -2.11. The predicted octanol–water partition coefficient (Wildman–Crippen LogP) is 3.36. The summed E-state index contributed by atoms with van der Waals surface area (Å²) >= 11 is 3.24. The van der Waals surface area contributed by atoms with Crippen LogP contribution in [0.25, 0.3) is 11.4 Å². The third-order valence-corrected chi connectivity index (χ3v) is 4.23. The van der Waals surface area contributed by atoms with Crippen molar-refractivity contribution in [2.24, 2.45) is 0 Å². The number of methoxy groups -OCH3 is 1. The number of pyridine rings is 1. The molecule has 0 fully saturated rings. The lowest BCUT2D eigenvalue weighted by Crippen LogP contribution is -2.19. The van der Waals surface area contributed by atoms with E-state index in [0.29, 0.717) is 39.9 Å². The maximum absolute atomic E-state index is 12.1. The highest BCUT2D eigenvalue weighted by molar-refractivity contribution is 9.10. The zero-order chi connectivity index (χ0) is 20.6. The van der Waals surface area contributed by atoms with Crippen molar-refractivity contribution in [3.63, 3.8) is 0 Å². The van der Waals surface area contributed by atoms with Gasteiger partial charge in [0.2, 0.25) is 0 Å². The van der Waals surface area contributed by atoms with Crippen molar-refractivity contribution in [3.05, 3.63) is 53.4 Å². The van der Waals surface area contributed by atoms with Crippen molar-refractivity contribution in [2.75, 3.05) is 36.2 Å². The van der Waals surface area contributed by atoms with E-state index in [2.05, 4.69) is 46.8 Å². The highest BCUT2D eigenvalue weighted by Gasteiger charge is 2.10. The Balaban J connectivity index is 1.68. The average molecular weight is 459 g/mol. The Kier molecular flexibility index (Phi) is 6.93. The molecule has 0 spiro atoms. The van der Waals surface area contributed by atoms with Gasteiger partial charge in [-0.25, -0.2) is 19.7 Å². The number of urea groups is 1. The molecule has 0 bridgehead atoms. The number of ether oxygens (including phenoxy) is 1. The van der Waals surface area contributed by atoms with E-state index in [9.17, 15) is 4.79 Å². The number of aromatic nitrogens is 3. The molecule has 9 nitrogen and oxygen atoms in total. The third-order valence-electron chi connectivity index (χ3n) is 3.77. The van der Waals surface area contributed by atoms with E-state index < -0.39 is 0 Å². The van der Waals surface area contributed by atoms with Gasteiger partial charge in [0.25, 0.3) is 0 Å². The molecule has 0 saturated heterocycles. The van der Waals surface area contributed by atoms with Gasteiger partial charge in [0.05, 0.1) is 31.8 Å². The fourth-order valence-electron chi connectivity index (χ4n) is 2.41. The SMILES string of the molecule is COc1cnc(-c2ccc(NC(=O)Nc3ccc(Br)nc3)cc2)nc1NCCO. The zero-order valence-corrected chi connectivity index (χ0v) is 17.1. The minimum atomic E-state index is -0.377. The number of hydrogen-bond donors (Lipinski definition) is 4. The number of nitrogens with zero attached hydrogens (tertiary/aromatic N) is 3. The summed E-state index contributed by atoms with van der Waals surface area (Å²) in [6.07, 6.45) is 3.12. The van der Waals surface area contributed by atoms with Crippen LogP contribution in [0.1, 0.15) is 0 Å². The number of rotatable bonds is 7. The third kappa shape index (κ3) is 5.62. The number of benzene rings is 1. The number of nitrogens with one attached hydrogen (secondary N) is 3. The van der Waals surface area contributed by atoms with E-state index >= 15 is 0 Å². The number of hydrogen-bond acceptors (Lipinski definition) is 7. The summed E-state index contributed by atoms with van der Waals surface area (Å²) in [7, 11) is 1.53. The van der Waals surface area contributed by atoms with Crippen LogP contribution < -0.4 is 20.7 Å². The Morgan fingerprint density at radius 1 is 1.07 bits per heavy atom. The number of anilines is 3. The van der Waals surface area contributed by atoms with E-state index in [0.717, 1.165) is 5.56 Å². The van der Waals surface area contributed by atoms with Crippen LogP contribution in [0.15, 0.2) is 53.4 Å². The van der Waals surface area contributed by atoms with Crippen LogP contribution in [0.4, 0.5) is 22.0 Å². The Bertz CT molecular complexity index is 967. The number of amides is 2. The van der Waals surface area contributed by atoms with Crippen LogP contribution in [-0.2, 0) is 0 Å². The number of carbonyl (C=O) groups excluding carboxylic acids is 1. The van der Waals surface area contributed by atoms with Crippen molar-refractivity contribution in [2.45, 2.75) is 0 Å². The molecular formula is C19H19BrN6O3. The lowest BCUT2D eigenvalue weighted by molar-refractivity contribution is 0.262. The molecular weight excluding hydrogens is 440 g/mol. The Labute approximate surface area is 175 Å². The molecule has 0 atom stereocenters. The molecule has 0 radical (unpaired) electrons. The largest absolute Gasteiger partial charge is 0.491 e. The van der Waals surface area contributed by atoms with Crippen LogP contribution in [-0.4, -0.2) is 46.4 Å². The van der Waals surface area contributed by atoms with Crippen molar-refractivity contribution >= 4 is 39.2 Å². The lowest BCUT2D eigenvalue weighted by atomic mass is 10.2. The minimum absolute atomic E-state index is 0.0265. The van der Waals surface area contributed by atoms with Gasteiger partial charge in [0.15, 0.2) is 17.4 Å². The van der Waals surface area contributed by atoms with Crippen LogP contribution in [0.5, 0.6) is 5.75 Å². The summed E-state index contributed by atoms with van der Waals surface area (Å²) in [5.41, 5.74) is 1.96. The van der Waals surface area contributed by atoms with E-state index in [1.807, 2.05) is 0 Å². The van der Waals surface area contributed by atoms with Crippen molar-refractivity contribution < 1.29 is 14.6 Å². The minimum Gasteiger partial charge on any atom is -0.491 e.